The van der Waals surface area contributed by atoms with Gasteiger partial charge in [0.15, 0.2) is 11.0 Å². The molecule has 6 heteroatoms. The van der Waals surface area contributed by atoms with Crippen molar-refractivity contribution in [2.45, 2.75) is 6.54 Å². The molecule has 1 N–H and O–H groups in total. The predicted molar refractivity (Wildman–Crippen MR) is 67.5 cm³/mol. The van der Waals surface area contributed by atoms with Crippen LogP contribution in [0.1, 0.15) is 5.76 Å². The Labute approximate surface area is 112 Å². The lowest BCUT2D eigenvalue weighted by atomic mass is 10.3. The minimum Gasteiger partial charge on any atom is -0.448 e. The van der Waals surface area contributed by atoms with Crippen LogP contribution in [0, 0.1) is 5.82 Å². The van der Waals surface area contributed by atoms with Crippen LogP contribution in [-0.4, -0.2) is 0 Å². The summed E-state index contributed by atoms with van der Waals surface area (Å²) in [6.45, 7) is 0.408. The van der Waals surface area contributed by atoms with Crippen molar-refractivity contribution >= 4 is 40.5 Å². The summed E-state index contributed by atoms with van der Waals surface area (Å²) in [5.74, 6) is 0.0338. The second-order valence-electron chi connectivity index (χ2n) is 3.31. The van der Waals surface area contributed by atoms with Gasteiger partial charge >= 0.3 is 0 Å². The first-order chi connectivity index (χ1) is 8.06. The van der Waals surface area contributed by atoms with Gasteiger partial charge in [0.05, 0.1) is 16.6 Å². The summed E-state index contributed by atoms with van der Waals surface area (Å²) in [6.07, 6.45) is 0. The summed E-state index contributed by atoms with van der Waals surface area (Å²) in [6, 6.07) is 6.28. The number of nitrogens with one attached hydrogen (secondary N) is 1. The predicted octanol–water partition coefficient (Wildman–Crippen LogP) is 4.99. The molecular formula is C11H7Cl3FNO. The molecule has 1 aromatic heterocycles. The zero-order valence-electron chi connectivity index (χ0n) is 8.44. The number of benzene rings is 1. The lowest BCUT2D eigenvalue weighted by molar-refractivity contribution is 0.520. The molecule has 2 aromatic rings. The van der Waals surface area contributed by atoms with Gasteiger partial charge in [-0.3, -0.25) is 0 Å². The molecule has 0 aliphatic heterocycles. The van der Waals surface area contributed by atoms with E-state index >= 15 is 0 Å². The van der Waals surface area contributed by atoms with Gasteiger partial charge in [0.1, 0.15) is 5.76 Å². The second-order valence-corrected chi connectivity index (χ2v) is 4.50. The van der Waals surface area contributed by atoms with Crippen molar-refractivity contribution < 1.29 is 8.81 Å². The fraction of sp³-hybridized carbons (Fsp3) is 0.0909. The van der Waals surface area contributed by atoms with E-state index in [1.54, 1.807) is 12.1 Å². The van der Waals surface area contributed by atoms with E-state index < -0.39 is 5.82 Å². The number of hydrogen-bond donors (Lipinski definition) is 1. The van der Waals surface area contributed by atoms with Gasteiger partial charge in [-0.15, -0.1) is 0 Å². The highest BCUT2D eigenvalue weighted by Gasteiger charge is 2.07. The summed E-state index contributed by atoms with van der Waals surface area (Å²) in [7, 11) is 0. The zero-order chi connectivity index (χ0) is 12.4. The van der Waals surface area contributed by atoms with Crippen LogP contribution in [-0.2, 0) is 6.54 Å². The van der Waals surface area contributed by atoms with E-state index in [-0.39, 0.29) is 10.0 Å². The Kier molecular flexibility index (Phi) is 3.82. The van der Waals surface area contributed by atoms with E-state index in [4.69, 9.17) is 39.2 Å². The highest BCUT2D eigenvalue weighted by molar-refractivity contribution is 6.35. The van der Waals surface area contributed by atoms with E-state index in [9.17, 15) is 4.39 Å². The molecule has 0 spiro atoms. The fourth-order valence-corrected chi connectivity index (χ4v) is 1.94. The molecule has 0 unspecified atom stereocenters. The molecule has 90 valence electrons. The van der Waals surface area contributed by atoms with Crippen molar-refractivity contribution in [1.29, 1.82) is 0 Å². The number of rotatable bonds is 3. The Hall–Kier alpha value is -0.900. The Balaban J connectivity index is 2.09. The standard InChI is InChI=1S/C11H7Cl3FNO/c12-8-3-6(4-9(13)11(8)15)16-5-7-1-2-10(14)17-7/h1-4,16H,5H2. The molecule has 1 aromatic carbocycles. The van der Waals surface area contributed by atoms with E-state index in [0.29, 0.717) is 23.2 Å². The van der Waals surface area contributed by atoms with Gasteiger partial charge in [-0.1, -0.05) is 23.2 Å². The van der Waals surface area contributed by atoms with E-state index in [2.05, 4.69) is 5.32 Å². The molecule has 2 rings (SSSR count). The molecule has 0 atom stereocenters. The van der Waals surface area contributed by atoms with Crippen LogP contribution in [0.25, 0.3) is 0 Å². The smallest absolute Gasteiger partial charge is 0.193 e. The Bertz CT molecular complexity index is 518. The molecule has 2 nitrogen and oxygen atoms in total. The number of halogens is 4. The highest BCUT2D eigenvalue weighted by atomic mass is 35.5. The maximum absolute atomic E-state index is 13.1. The van der Waals surface area contributed by atoms with Crippen LogP contribution in [0.2, 0.25) is 15.3 Å². The van der Waals surface area contributed by atoms with Crippen LogP contribution in [0.15, 0.2) is 28.7 Å². The topological polar surface area (TPSA) is 25.2 Å². The third-order valence-electron chi connectivity index (χ3n) is 2.08. The van der Waals surface area contributed by atoms with Crippen LogP contribution in [0.5, 0.6) is 0 Å². The van der Waals surface area contributed by atoms with Crippen molar-refractivity contribution in [1.82, 2.24) is 0 Å². The van der Waals surface area contributed by atoms with Crippen LogP contribution >= 0.6 is 34.8 Å². The largest absolute Gasteiger partial charge is 0.448 e. The number of hydrogen-bond acceptors (Lipinski definition) is 2. The van der Waals surface area contributed by atoms with E-state index in [0.717, 1.165) is 0 Å². The van der Waals surface area contributed by atoms with Crippen molar-refractivity contribution in [2.24, 2.45) is 0 Å². The third kappa shape index (κ3) is 3.06. The van der Waals surface area contributed by atoms with Gasteiger partial charge in [-0.2, -0.15) is 0 Å². The van der Waals surface area contributed by atoms with Gasteiger partial charge in [0, 0.05) is 5.69 Å². The molecule has 17 heavy (non-hydrogen) atoms. The monoisotopic (exact) mass is 293 g/mol. The first-order valence-electron chi connectivity index (χ1n) is 4.69. The second kappa shape index (κ2) is 5.17. The normalized spacial score (nSPS) is 10.6. The molecule has 0 saturated heterocycles. The molecular weight excluding hydrogens is 287 g/mol. The fourth-order valence-electron chi connectivity index (χ4n) is 1.29. The molecule has 1 heterocycles. The first-order valence-corrected chi connectivity index (χ1v) is 5.82. The van der Waals surface area contributed by atoms with Crippen molar-refractivity contribution in [3.8, 4) is 0 Å². The molecule has 0 saturated carbocycles. The summed E-state index contributed by atoms with van der Waals surface area (Å²) in [5, 5.41) is 3.25. The molecule has 0 aliphatic rings. The third-order valence-corrected chi connectivity index (χ3v) is 2.83. The highest BCUT2D eigenvalue weighted by Crippen LogP contribution is 2.27. The maximum Gasteiger partial charge on any atom is 0.193 e. The van der Waals surface area contributed by atoms with Gasteiger partial charge in [0.25, 0.3) is 0 Å². The summed E-state index contributed by atoms with van der Waals surface area (Å²) >= 11 is 16.9. The Morgan fingerprint density at radius 1 is 1.12 bits per heavy atom. The molecule has 0 bridgehead atoms. The zero-order valence-corrected chi connectivity index (χ0v) is 10.7. The summed E-state index contributed by atoms with van der Waals surface area (Å²) in [5.41, 5.74) is 0.605. The van der Waals surface area contributed by atoms with Gasteiger partial charge in [0.2, 0.25) is 0 Å². The van der Waals surface area contributed by atoms with Crippen LogP contribution in [0.4, 0.5) is 10.1 Å². The lowest BCUT2D eigenvalue weighted by Crippen LogP contribution is -1.98. The SMILES string of the molecule is Fc1c(Cl)cc(NCc2ccc(Cl)o2)cc1Cl. The summed E-state index contributed by atoms with van der Waals surface area (Å²) < 4.78 is 18.3. The van der Waals surface area contributed by atoms with E-state index in [1.165, 1.54) is 12.1 Å². The van der Waals surface area contributed by atoms with Crippen molar-refractivity contribution in [2.75, 3.05) is 5.32 Å². The minimum absolute atomic E-state index is 0.0301. The maximum atomic E-state index is 13.1. The average Bonchev–Trinajstić information content (AvgIpc) is 2.69. The lowest BCUT2D eigenvalue weighted by Gasteiger charge is -2.06. The molecule has 0 fully saturated rings. The summed E-state index contributed by atoms with van der Waals surface area (Å²) in [4.78, 5) is 0. The quantitative estimate of drug-likeness (QED) is 0.807. The molecule has 0 aliphatic carbocycles. The minimum atomic E-state index is -0.625. The van der Waals surface area contributed by atoms with Crippen molar-refractivity contribution in [3.05, 3.63) is 51.1 Å². The van der Waals surface area contributed by atoms with E-state index in [1.807, 2.05) is 0 Å². The van der Waals surface area contributed by atoms with Gasteiger partial charge in [-0.05, 0) is 35.9 Å². The molecule has 0 amide bonds. The Morgan fingerprint density at radius 2 is 1.76 bits per heavy atom. The number of furan rings is 1. The van der Waals surface area contributed by atoms with Gasteiger partial charge in [-0.25, -0.2) is 4.39 Å². The Morgan fingerprint density at radius 3 is 2.29 bits per heavy atom. The van der Waals surface area contributed by atoms with Gasteiger partial charge < -0.3 is 9.73 Å². The van der Waals surface area contributed by atoms with Crippen LogP contribution in [0.3, 0.4) is 0 Å². The number of anilines is 1. The van der Waals surface area contributed by atoms with Crippen LogP contribution < -0.4 is 5.32 Å². The average molecular weight is 295 g/mol. The molecule has 0 radical (unpaired) electrons. The van der Waals surface area contributed by atoms with Crippen molar-refractivity contribution in [3.63, 3.8) is 0 Å². The first kappa shape index (κ1) is 12.6.